The fourth-order valence-corrected chi connectivity index (χ4v) is 2.66. The zero-order valence-electron chi connectivity index (χ0n) is 9.27. The topological polar surface area (TPSA) is 54.5 Å². The van der Waals surface area contributed by atoms with E-state index in [9.17, 15) is 0 Å². The maximum absolute atomic E-state index is 4.05. The second-order valence-electron chi connectivity index (χ2n) is 4.72. The molecule has 3 rings (SSSR count). The number of nitrogens with one attached hydrogen (secondary N) is 1. The molecule has 1 atom stereocenters. The summed E-state index contributed by atoms with van der Waals surface area (Å²) < 4.78 is 0. The van der Waals surface area contributed by atoms with Crippen LogP contribution in [-0.4, -0.2) is 20.6 Å². The molecule has 0 amide bonds. The van der Waals surface area contributed by atoms with Gasteiger partial charge in [-0.15, -0.1) is 10.2 Å². The lowest BCUT2D eigenvalue weighted by atomic mass is 9.81. The largest absolute Gasteiger partial charge is 0.177 e. The third-order valence-electron chi connectivity index (χ3n) is 3.55. The number of tetrazole rings is 1. The summed E-state index contributed by atoms with van der Waals surface area (Å²) in [5.41, 5.74) is 3.08. The summed E-state index contributed by atoms with van der Waals surface area (Å²) in [6.45, 7) is 2.29. The number of fused-ring (bicyclic) bond motifs is 1. The Labute approximate surface area is 94.1 Å². The van der Waals surface area contributed by atoms with Crippen molar-refractivity contribution in [2.24, 2.45) is 0 Å². The average molecular weight is 214 g/mol. The monoisotopic (exact) mass is 214 g/mol. The minimum Gasteiger partial charge on any atom is -0.177 e. The van der Waals surface area contributed by atoms with Crippen LogP contribution < -0.4 is 0 Å². The van der Waals surface area contributed by atoms with Crippen molar-refractivity contribution in [3.8, 4) is 0 Å². The number of benzene rings is 1. The molecule has 1 N–H and O–H groups in total. The van der Waals surface area contributed by atoms with Gasteiger partial charge in [0.25, 0.3) is 0 Å². The predicted molar refractivity (Wildman–Crippen MR) is 60.0 cm³/mol. The van der Waals surface area contributed by atoms with E-state index in [2.05, 4.69) is 51.8 Å². The van der Waals surface area contributed by atoms with Gasteiger partial charge in [-0.3, -0.25) is 0 Å². The second kappa shape index (κ2) is 3.40. The van der Waals surface area contributed by atoms with E-state index in [1.165, 1.54) is 17.5 Å². The molecule has 82 valence electrons. The highest BCUT2D eigenvalue weighted by atomic mass is 15.5. The summed E-state index contributed by atoms with van der Waals surface area (Å²) in [7, 11) is 0. The molecule has 1 unspecified atom stereocenters. The molecule has 1 aromatic heterocycles. The molecule has 0 bridgehead atoms. The molecule has 1 aromatic carbocycles. The molecule has 4 nitrogen and oxygen atoms in total. The number of aromatic amines is 1. The molecule has 4 heteroatoms. The van der Waals surface area contributed by atoms with Crippen LogP contribution in [0.1, 0.15) is 30.3 Å². The van der Waals surface area contributed by atoms with Crippen molar-refractivity contribution in [1.82, 2.24) is 20.6 Å². The van der Waals surface area contributed by atoms with Crippen molar-refractivity contribution in [3.63, 3.8) is 0 Å². The number of hydrogen-bond donors (Lipinski definition) is 1. The first-order valence-electron chi connectivity index (χ1n) is 5.59. The highest BCUT2D eigenvalue weighted by Crippen LogP contribution is 2.40. The first-order chi connectivity index (χ1) is 7.78. The highest BCUT2D eigenvalue weighted by Gasteiger charge is 2.35. The number of nitrogens with zero attached hydrogens (tertiary/aromatic N) is 3. The molecule has 0 spiro atoms. The van der Waals surface area contributed by atoms with Crippen molar-refractivity contribution in [2.75, 3.05) is 0 Å². The van der Waals surface area contributed by atoms with Crippen LogP contribution in [0.5, 0.6) is 0 Å². The van der Waals surface area contributed by atoms with Crippen LogP contribution in [0, 0.1) is 0 Å². The van der Waals surface area contributed by atoms with Crippen LogP contribution in [0.3, 0.4) is 0 Å². The Morgan fingerprint density at radius 1 is 1.38 bits per heavy atom. The van der Waals surface area contributed by atoms with Crippen LogP contribution in [0.4, 0.5) is 0 Å². The molecule has 1 heterocycles. The van der Waals surface area contributed by atoms with E-state index in [0.717, 1.165) is 18.7 Å². The SMILES string of the molecule is CC1(Cc2nn[nH]n2)CCc2ccccc21. The quantitative estimate of drug-likeness (QED) is 0.827. The minimum absolute atomic E-state index is 0.167. The van der Waals surface area contributed by atoms with E-state index in [0.29, 0.717) is 0 Å². The fourth-order valence-electron chi connectivity index (χ4n) is 2.66. The van der Waals surface area contributed by atoms with Gasteiger partial charge in [0, 0.05) is 11.8 Å². The molecule has 0 saturated heterocycles. The van der Waals surface area contributed by atoms with Gasteiger partial charge in [0.1, 0.15) is 0 Å². The lowest BCUT2D eigenvalue weighted by Gasteiger charge is -2.23. The van der Waals surface area contributed by atoms with Gasteiger partial charge in [-0.1, -0.05) is 36.4 Å². The molecular formula is C12H14N4. The smallest absolute Gasteiger partial charge is 0.175 e. The van der Waals surface area contributed by atoms with E-state index < -0.39 is 0 Å². The Morgan fingerprint density at radius 2 is 2.25 bits per heavy atom. The van der Waals surface area contributed by atoms with Gasteiger partial charge in [-0.2, -0.15) is 5.21 Å². The van der Waals surface area contributed by atoms with Crippen LogP contribution >= 0.6 is 0 Å². The Morgan fingerprint density at radius 3 is 3.06 bits per heavy atom. The van der Waals surface area contributed by atoms with Crippen molar-refractivity contribution < 1.29 is 0 Å². The lowest BCUT2D eigenvalue weighted by Crippen LogP contribution is -2.22. The maximum Gasteiger partial charge on any atom is 0.175 e. The Balaban J connectivity index is 1.95. The van der Waals surface area contributed by atoms with Gasteiger partial charge in [-0.25, -0.2) is 0 Å². The Kier molecular flexibility index (Phi) is 2.02. The number of H-pyrrole nitrogens is 1. The van der Waals surface area contributed by atoms with Gasteiger partial charge >= 0.3 is 0 Å². The standard InChI is InChI=1S/C12H14N4/c1-12(8-11-13-15-16-14-11)7-6-9-4-2-3-5-10(9)12/h2-5H,6-8H2,1H3,(H,13,14,15,16). The normalized spacial score (nSPS) is 23.3. The summed E-state index contributed by atoms with van der Waals surface area (Å²) in [5.74, 6) is 0.805. The first kappa shape index (κ1) is 9.51. The van der Waals surface area contributed by atoms with E-state index in [-0.39, 0.29) is 5.41 Å². The number of aromatic nitrogens is 4. The molecule has 16 heavy (non-hydrogen) atoms. The zero-order chi connectivity index (χ0) is 11.0. The Hall–Kier alpha value is -1.71. The number of hydrogen-bond acceptors (Lipinski definition) is 3. The molecule has 0 aliphatic heterocycles. The Bertz CT molecular complexity index is 491. The van der Waals surface area contributed by atoms with Gasteiger partial charge in [0.15, 0.2) is 5.82 Å². The summed E-state index contributed by atoms with van der Waals surface area (Å²) in [4.78, 5) is 0. The van der Waals surface area contributed by atoms with Crippen molar-refractivity contribution in [3.05, 3.63) is 41.2 Å². The average Bonchev–Trinajstić information content (AvgIpc) is 2.89. The number of rotatable bonds is 2. The molecule has 0 radical (unpaired) electrons. The first-order valence-corrected chi connectivity index (χ1v) is 5.59. The van der Waals surface area contributed by atoms with E-state index in [1.807, 2.05) is 0 Å². The van der Waals surface area contributed by atoms with E-state index in [4.69, 9.17) is 0 Å². The predicted octanol–water partition coefficient (Wildman–Crippen LogP) is 1.65. The van der Waals surface area contributed by atoms with E-state index >= 15 is 0 Å². The molecule has 0 saturated carbocycles. The third-order valence-corrected chi connectivity index (χ3v) is 3.55. The van der Waals surface area contributed by atoms with Crippen molar-refractivity contribution >= 4 is 0 Å². The highest BCUT2D eigenvalue weighted by molar-refractivity contribution is 5.39. The summed E-state index contributed by atoms with van der Waals surface area (Å²) in [6.07, 6.45) is 3.19. The lowest BCUT2D eigenvalue weighted by molar-refractivity contribution is 0.455. The molecular weight excluding hydrogens is 200 g/mol. The van der Waals surface area contributed by atoms with Gasteiger partial charge in [-0.05, 0) is 24.0 Å². The third kappa shape index (κ3) is 1.41. The van der Waals surface area contributed by atoms with Crippen LogP contribution in [-0.2, 0) is 18.3 Å². The van der Waals surface area contributed by atoms with Gasteiger partial charge < -0.3 is 0 Å². The van der Waals surface area contributed by atoms with Crippen molar-refractivity contribution in [1.29, 1.82) is 0 Å². The molecule has 0 fully saturated rings. The second-order valence-corrected chi connectivity index (χ2v) is 4.72. The zero-order valence-corrected chi connectivity index (χ0v) is 9.27. The molecule has 1 aliphatic carbocycles. The fraction of sp³-hybridized carbons (Fsp3) is 0.417. The summed E-state index contributed by atoms with van der Waals surface area (Å²) in [6, 6.07) is 8.66. The van der Waals surface area contributed by atoms with Crippen LogP contribution in [0.2, 0.25) is 0 Å². The van der Waals surface area contributed by atoms with Gasteiger partial charge in [0.05, 0.1) is 0 Å². The number of aryl methyl sites for hydroxylation is 1. The summed E-state index contributed by atoms with van der Waals surface area (Å²) in [5, 5.41) is 14.2. The van der Waals surface area contributed by atoms with E-state index in [1.54, 1.807) is 0 Å². The van der Waals surface area contributed by atoms with Crippen LogP contribution in [0.15, 0.2) is 24.3 Å². The van der Waals surface area contributed by atoms with Crippen LogP contribution in [0.25, 0.3) is 0 Å². The van der Waals surface area contributed by atoms with Crippen molar-refractivity contribution in [2.45, 2.75) is 31.6 Å². The van der Waals surface area contributed by atoms with Gasteiger partial charge in [0.2, 0.25) is 0 Å². The summed E-state index contributed by atoms with van der Waals surface area (Å²) >= 11 is 0. The molecule has 2 aromatic rings. The molecule has 1 aliphatic rings. The minimum atomic E-state index is 0.167. The maximum atomic E-state index is 4.05.